The molecule has 3 aromatic rings. The first kappa shape index (κ1) is 13.4. The van der Waals surface area contributed by atoms with Crippen LogP contribution in [0.2, 0.25) is 5.02 Å². The second-order valence-electron chi connectivity index (χ2n) is 5.61. The zero-order chi connectivity index (χ0) is 15.1. The smallest absolute Gasteiger partial charge is 0.133 e. The van der Waals surface area contributed by atoms with Gasteiger partial charge in [-0.25, -0.2) is 4.68 Å². The van der Waals surface area contributed by atoms with E-state index in [9.17, 15) is 0 Å². The summed E-state index contributed by atoms with van der Waals surface area (Å²) >= 11 is 5.99. The number of nitrogens with zero attached hydrogens (tertiary/aromatic N) is 2. The molecule has 0 radical (unpaired) electrons. The first-order chi connectivity index (χ1) is 10.7. The Morgan fingerprint density at radius 3 is 2.73 bits per heavy atom. The summed E-state index contributed by atoms with van der Waals surface area (Å²) in [7, 11) is 0. The summed E-state index contributed by atoms with van der Waals surface area (Å²) in [6, 6.07) is 16.3. The lowest BCUT2D eigenvalue weighted by molar-refractivity contribution is 0.882. The molecule has 110 valence electrons. The highest BCUT2D eigenvalue weighted by atomic mass is 35.5. The van der Waals surface area contributed by atoms with Crippen molar-refractivity contribution >= 4 is 17.4 Å². The van der Waals surface area contributed by atoms with E-state index >= 15 is 0 Å². The summed E-state index contributed by atoms with van der Waals surface area (Å²) in [5, 5.41) is 9.04. The van der Waals surface area contributed by atoms with Crippen molar-refractivity contribution in [3.8, 4) is 16.9 Å². The molecule has 22 heavy (non-hydrogen) atoms. The number of nitrogens with one attached hydrogen (secondary N) is 1. The molecule has 0 saturated carbocycles. The third-order valence-corrected chi connectivity index (χ3v) is 4.27. The minimum absolute atomic E-state index is 0.736. The van der Waals surface area contributed by atoms with E-state index in [0.29, 0.717) is 0 Å². The normalized spacial score (nSPS) is 13.0. The van der Waals surface area contributed by atoms with Crippen LogP contribution in [0.4, 0.5) is 5.82 Å². The number of rotatable bonds is 2. The van der Waals surface area contributed by atoms with Crippen LogP contribution in [0.15, 0.2) is 48.5 Å². The van der Waals surface area contributed by atoms with Crippen LogP contribution in [-0.2, 0) is 6.42 Å². The van der Waals surface area contributed by atoms with Gasteiger partial charge in [0.2, 0.25) is 0 Å². The van der Waals surface area contributed by atoms with Crippen molar-refractivity contribution in [3.63, 3.8) is 0 Å². The molecule has 0 amide bonds. The van der Waals surface area contributed by atoms with Crippen molar-refractivity contribution in [2.75, 3.05) is 11.9 Å². The van der Waals surface area contributed by atoms with Crippen LogP contribution in [0.1, 0.15) is 11.1 Å². The highest BCUT2D eigenvalue weighted by Gasteiger charge is 2.23. The molecular formula is C18H16ClN3. The van der Waals surface area contributed by atoms with Crippen molar-refractivity contribution in [2.45, 2.75) is 13.3 Å². The number of anilines is 1. The highest BCUT2D eigenvalue weighted by Crippen LogP contribution is 2.34. The van der Waals surface area contributed by atoms with Crippen molar-refractivity contribution < 1.29 is 0 Å². The van der Waals surface area contributed by atoms with Gasteiger partial charge < -0.3 is 5.32 Å². The molecule has 0 saturated heterocycles. The predicted octanol–water partition coefficient (Wildman–Crippen LogP) is 4.47. The molecule has 0 bridgehead atoms. The second kappa shape index (κ2) is 5.18. The molecule has 0 spiro atoms. The van der Waals surface area contributed by atoms with Gasteiger partial charge in [0.15, 0.2) is 0 Å². The molecule has 4 rings (SSSR count). The molecule has 2 aromatic carbocycles. The summed E-state index contributed by atoms with van der Waals surface area (Å²) in [4.78, 5) is 0. The summed E-state index contributed by atoms with van der Waals surface area (Å²) in [6.07, 6.45) is 1.01. The standard InChI is InChI=1S/C18H16ClN3/c1-12-3-2-4-13(11-12)17-16-9-10-20-18(16)22(21-17)15-7-5-14(19)6-8-15/h2-8,11,20H,9-10H2,1H3. The lowest BCUT2D eigenvalue weighted by atomic mass is 10.0. The Bertz CT molecular complexity index is 834. The van der Waals surface area contributed by atoms with Gasteiger partial charge in [0.05, 0.1) is 11.4 Å². The van der Waals surface area contributed by atoms with Crippen LogP contribution in [0.25, 0.3) is 16.9 Å². The van der Waals surface area contributed by atoms with E-state index < -0.39 is 0 Å². The Labute approximate surface area is 134 Å². The Hall–Kier alpha value is -2.26. The molecule has 0 fully saturated rings. The minimum atomic E-state index is 0.736. The minimum Gasteiger partial charge on any atom is -0.369 e. The van der Waals surface area contributed by atoms with E-state index in [1.165, 1.54) is 16.7 Å². The average Bonchev–Trinajstić information content (AvgIpc) is 3.10. The monoisotopic (exact) mass is 309 g/mol. The number of benzene rings is 2. The van der Waals surface area contributed by atoms with Crippen molar-refractivity contribution in [1.82, 2.24) is 9.78 Å². The van der Waals surface area contributed by atoms with Gasteiger partial charge >= 0.3 is 0 Å². The zero-order valence-electron chi connectivity index (χ0n) is 12.3. The highest BCUT2D eigenvalue weighted by molar-refractivity contribution is 6.30. The maximum Gasteiger partial charge on any atom is 0.133 e. The van der Waals surface area contributed by atoms with Crippen LogP contribution >= 0.6 is 11.6 Å². The predicted molar refractivity (Wildman–Crippen MR) is 90.9 cm³/mol. The summed E-state index contributed by atoms with van der Waals surface area (Å²) in [5.74, 6) is 1.10. The van der Waals surface area contributed by atoms with Gasteiger partial charge in [-0.1, -0.05) is 35.4 Å². The van der Waals surface area contributed by atoms with Crippen LogP contribution in [-0.4, -0.2) is 16.3 Å². The van der Waals surface area contributed by atoms with Gasteiger partial charge in [-0.05, 0) is 43.7 Å². The van der Waals surface area contributed by atoms with E-state index in [1.54, 1.807) is 0 Å². The average molecular weight is 310 g/mol. The molecule has 3 nitrogen and oxygen atoms in total. The van der Waals surface area contributed by atoms with Crippen molar-refractivity contribution in [1.29, 1.82) is 0 Å². The first-order valence-electron chi connectivity index (χ1n) is 7.41. The SMILES string of the molecule is Cc1cccc(-c2nn(-c3ccc(Cl)cc3)c3c2CCN3)c1. The Kier molecular flexibility index (Phi) is 3.16. The largest absolute Gasteiger partial charge is 0.369 e. The van der Waals surface area contributed by atoms with Crippen LogP contribution < -0.4 is 5.32 Å². The van der Waals surface area contributed by atoms with E-state index in [0.717, 1.165) is 35.2 Å². The molecule has 0 unspecified atom stereocenters. The molecule has 1 aliphatic heterocycles. The molecule has 4 heteroatoms. The summed E-state index contributed by atoms with van der Waals surface area (Å²) in [6.45, 7) is 3.07. The zero-order valence-corrected chi connectivity index (χ0v) is 13.1. The molecule has 1 aromatic heterocycles. The van der Waals surface area contributed by atoms with E-state index in [-0.39, 0.29) is 0 Å². The van der Waals surface area contributed by atoms with Gasteiger partial charge in [0.1, 0.15) is 5.82 Å². The van der Waals surface area contributed by atoms with E-state index in [2.05, 4.69) is 36.5 Å². The Balaban J connectivity index is 1.88. The maximum absolute atomic E-state index is 5.99. The topological polar surface area (TPSA) is 29.9 Å². The third-order valence-electron chi connectivity index (χ3n) is 4.01. The second-order valence-corrected chi connectivity index (χ2v) is 6.05. The van der Waals surface area contributed by atoms with Gasteiger partial charge in [0, 0.05) is 22.7 Å². The van der Waals surface area contributed by atoms with Gasteiger partial charge in [-0.15, -0.1) is 0 Å². The Morgan fingerprint density at radius 2 is 1.95 bits per heavy atom. The number of hydrogen-bond donors (Lipinski definition) is 1. The fourth-order valence-corrected chi connectivity index (χ4v) is 3.09. The molecular weight excluding hydrogens is 294 g/mol. The molecule has 1 aliphatic rings. The molecule has 1 N–H and O–H groups in total. The van der Waals surface area contributed by atoms with Gasteiger partial charge in [-0.2, -0.15) is 5.10 Å². The number of halogens is 1. The lowest BCUT2D eigenvalue weighted by Crippen LogP contribution is -2.04. The van der Waals surface area contributed by atoms with Crippen molar-refractivity contribution in [2.24, 2.45) is 0 Å². The van der Waals surface area contributed by atoms with Gasteiger partial charge in [-0.3, -0.25) is 0 Å². The molecule has 2 heterocycles. The molecule has 0 aliphatic carbocycles. The van der Waals surface area contributed by atoms with Gasteiger partial charge in [0.25, 0.3) is 0 Å². The third kappa shape index (κ3) is 2.18. The number of aryl methyl sites for hydroxylation is 1. The summed E-state index contributed by atoms with van der Waals surface area (Å²) < 4.78 is 1.98. The van der Waals surface area contributed by atoms with Crippen LogP contribution in [0.3, 0.4) is 0 Å². The number of aromatic nitrogens is 2. The number of hydrogen-bond acceptors (Lipinski definition) is 2. The Morgan fingerprint density at radius 1 is 1.14 bits per heavy atom. The number of fused-ring (bicyclic) bond motifs is 1. The first-order valence-corrected chi connectivity index (χ1v) is 7.79. The molecule has 0 atom stereocenters. The summed E-state index contributed by atoms with van der Waals surface area (Å²) in [5.41, 5.74) is 5.80. The fourth-order valence-electron chi connectivity index (χ4n) is 2.97. The van der Waals surface area contributed by atoms with Crippen molar-refractivity contribution in [3.05, 3.63) is 64.7 Å². The van der Waals surface area contributed by atoms with Crippen LogP contribution in [0, 0.1) is 6.92 Å². The van der Waals surface area contributed by atoms with E-state index in [4.69, 9.17) is 16.7 Å². The quantitative estimate of drug-likeness (QED) is 0.757. The maximum atomic E-state index is 5.99. The lowest BCUT2D eigenvalue weighted by Gasteiger charge is -2.06. The van der Waals surface area contributed by atoms with E-state index in [1.807, 2.05) is 28.9 Å². The van der Waals surface area contributed by atoms with Crippen LogP contribution in [0.5, 0.6) is 0 Å². The fraction of sp³-hybridized carbons (Fsp3) is 0.167.